The first-order chi connectivity index (χ1) is 9.95. The van der Waals surface area contributed by atoms with E-state index in [4.69, 9.17) is 4.74 Å². The van der Waals surface area contributed by atoms with Crippen LogP contribution in [0.15, 0.2) is 30.2 Å². The predicted octanol–water partition coefficient (Wildman–Crippen LogP) is 2.09. The summed E-state index contributed by atoms with van der Waals surface area (Å²) in [6.07, 6.45) is 1.54. The summed E-state index contributed by atoms with van der Waals surface area (Å²) in [4.78, 5) is 1.02. The molecule has 1 fully saturated rings. The highest BCUT2D eigenvalue weighted by Crippen LogP contribution is 2.22. The van der Waals surface area contributed by atoms with Gasteiger partial charge in [0, 0.05) is 30.6 Å². The fraction of sp³-hybridized carbons (Fsp3) is 0.571. The van der Waals surface area contributed by atoms with Crippen molar-refractivity contribution in [1.82, 2.24) is 8.61 Å². The van der Waals surface area contributed by atoms with E-state index < -0.39 is 10.2 Å². The molecule has 1 saturated heterocycles. The molecule has 0 aromatic carbocycles. The molecule has 0 spiro atoms. The van der Waals surface area contributed by atoms with Crippen molar-refractivity contribution in [1.29, 1.82) is 0 Å². The van der Waals surface area contributed by atoms with Gasteiger partial charge in [0.2, 0.25) is 0 Å². The van der Waals surface area contributed by atoms with Gasteiger partial charge < -0.3 is 4.74 Å². The molecule has 0 radical (unpaired) electrons. The standard InChI is InChI=1S/C14H22N2O3S2/c1-4-7-15(10-14-6-5-8-20-14)21(17,18)16-9-13(3)19-11-12(16)2/h4-6,8,12-13H,1,7,9-11H2,2-3H3/t12-,13+/m0/s1. The number of thiophene rings is 1. The molecule has 5 nitrogen and oxygen atoms in total. The summed E-state index contributed by atoms with van der Waals surface area (Å²) in [6, 6.07) is 3.72. The van der Waals surface area contributed by atoms with Gasteiger partial charge in [-0.3, -0.25) is 0 Å². The van der Waals surface area contributed by atoms with Gasteiger partial charge in [0.15, 0.2) is 0 Å². The third-order valence-electron chi connectivity index (χ3n) is 3.42. The van der Waals surface area contributed by atoms with E-state index in [9.17, 15) is 8.42 Å². The molecule has 1 aromatic heterocycles. The summed E-state index contributed by atoms with van der Waals surface area (Å²) in [7, 11) is -3.52. The highest BCUT2D eigenvalue weighted by molar-refractivity contribution is 7.86. The lowest BCUT2D eigenvalue weighted by molar-refractivity contribution is -0.0190. The minimum atomic E-state index is -3.52. The Morgan fingerprint density at radius 3 is 2.95 bits per heavy atom. The van der Waals surface area contributed by atoms with Crippen molar-refractivity contribution in [3.8, 4) is 0 Å². The van der Waals surface area contributed by atoms with E-state index in [-0.39, 0.29) is 12.1 Å². The van der Waals surface area contributed by atoms with E-state index in [0.29, 0.717) is 26.2 Å². The molecule has 0 bridgehead atoms. The maximum absolute atomic E-state index is 12.9. The van der Waals surface area contributed by atoms with E-state index >= 15 is 0 Å². The first kappa shape index (κ1) is 16.6. The van der Waals surface area contributed by atoms with Crippen LogP contribution in [0.4, 0.5) is 0 Å². The number of ether oxygens (including phenoxy) is 1. The van der Waals surface area contributed by atoms with Gasteiger partial charge >= 0.3 is 0 Å². The molecule has 0 amide bonds. The largest absolute Gasteiger partial charge is 0.375 e. The molecule has 1 aliphatic rings. The molecule has 1 aliphatic heterocycles. The minimum absolute atomic E-state index is 0.0803. The quantitative estimate of drug-likeness (QED) is 0.751. The third kappa shape index (κ3) is 3.92. The molecule has 1 aromatic rings. The molecular formula is C14H22N2O3S2. The molecule has 0 aliphatic carbocycles. The van der Waals surface area contributed by atoms with Gasteiger partial charge in [-0.25, -0.2) is 0 Å². The average Bonchev–Trinajstić information content (AvgIpc) is 2.94. The molecule has 118 valence electrons. The highest BCUT2D eigenvalue weighted by Gasteiger charge is 2.36. The fourth-order valence-electron chi connectivity index (χ4n) is 2.30. The molecule has 2 atom stereocenters. The van der Waals surface area contributed by atoms with E-state index in [0.717, 1.165) is 4.88 Å². The summed E-state index contributed by atoms with van der Waals surface area (Å²) < 4.78 is 34.4. The van der Waals surface area contributed by atoms with Gasteiger partial charge in [0.1, 0.15) is 0 Å². The van der Waals surface area contributed by atoms with Crippen LogP contribution in [0.25, 0.3) is 0 Å². The van der Waals surface area contributed by atoms with Crippen LogP contribution in [-0.2, 0) is 21.5 Å². The summed E-state index contributed by atoms with van der Waals surface area (Å²) >= 11 is 1.56. The maximum atomic E-state index is 12.9. The molecule has 2 heterocycles. The van der Waals surface area contributed by atoms with E-state index in [1.807, 2.05) is 31.4 Å². The highest BCUT2D eigenvalue weighted by atomic mass is 32.2. The topological polar surface area (TPSA) is 49.9 Å². The van der Waals surface area contributed by atoms with Crippen molar-refractivity contribution >= 4 is 21.5 Å². The van der Waals surface area contributed by atoms with Crippen LogP contribution in [0.5, 0.6) is 0 Å². The lowest BCUT2D eigenvalue weighted by atomic mass is 10.2. The van der Waals surface area contributed by atoms with Gasteiger partial charge in [-0.15, -0.1) is 17.9 Å². The molecule has 21 heavy (non-hydrogen) atoms. The normalized spacial score (nSPS) is 24.3. The zero-order valence-electron chi connectivity index (χ0n) is 12.4. The Labute approximate surface area is 131 Å². The van der Waals surface area contributed by atoms with Crippen LogP contribution < -0.4 is 0 Å². The Kier molecular flexibility index (Phi) is 5.56. The maximum Gasteiger partial charge on any atom is 0.283 e. The van der Waals surface area contributed by atoms with E-state index in [1.165, 1.54) is 8.61 Å². The predicted molar refractivity (Wildman–Crippen MR) is 85.4 cm³/mol. The van der Waals surface area contributed by atoms with Gasteiger partial charge in [-0.1, -0.05) is 12.1 Å². The smallest absolute Gasteiger partial charge is 0.283 e. The van der Waals surface area contributed by atoms with Crippen molar-refractivity contribution in [3.05, 3.63) is 35.0 Å². The Balaban J connectivity index is 2.21. The molecule has 0 saturated carbocycles. The number of hydrogen-bond donors (Lipinski definition) is 0. The fourth-order valence-corrected chi connectivity index (χ4v) is 4.91. The van der Waals surface area contributed by atoms with Crippen LogP contribution in [0, 0.1) is 0 Å². The van der Waals surface area contributed by atoms with Gasteiger partial charge in [-0.05, 0) is 25.3 Å². The lowest BCUT2D eigenvalue weighted by Crippen LogP contribution is -2.54. The van der Waals surface area contributed by atoms with Gasteiger partial charge in [-0.2, -0.15) is 17.0 Å². The van der Waals surface area contributed by atoms with E-state index in [1.54, 1.807) is 17.4 Å². The number of rotatable bonds is 6. The lowest BCUT2D eigenvalue weighted by Gasteiger charge is -2.38. The summed E-state index contributed by atoms with van der Waals surface area (Å²) in [6.45, 7) is 8.95. The van der Waals surface area contributed by atoms with Crippen LogP contribution in [0.2, 0.25) is 0 Å². The van der Waals surface area contributed by atoms with Crippen molar-refractivity contribution in [3.63, 3.8) is 0 Å². The Morgan fingerprint density at radius 1 is 1.57 bits per heavy atom. The number of hydrogen-bond acceptors (Lipinski definition) is 4. The first-order valence-electron chi connectivity index (χ1n) is 6.97. The molecular weight excluding hydrogens is 308 g/mol. The van der Waals surface area contributed by atoms with Crippen LogP contribution in [0.1, 0.15) is 18.7 Å². The molecule has 0 unspecified atom stereocenters. The third-order valence-corrected chi connectivity index (χ3v) is 6.31. The Hall–Kier alpha value is -0.730. The van der Waals surface area contributed by atoms with Gasteiger partial charge in [0.05, 0.1) is 12.7 Å². The summed E-state index contributed by atoms with van der Waals surface area (Å²) in [5, 5.41) is 1.95. The second-order valence-corrected chi connectivity index (χ2v) is 8.14. The Bertz CT molecular complexity index is 557. The zero-order chi connectivity index (χ0) is 15.5. The number of morpholine rings is 1. The van der Waals surface area contributed by atoms with Crippen LogP contribution >= 0.6 is 11.3 Å². The first-order valence-corrected chi connectivity index (χ1v) is 9.24. The second kappa shape index (κ2) is 7.02. The van der Waals surface area contributed by atoms with Gasteiger partial charge in [0.25, 0.3) is 10.2 Å². The van der Waals surface area contributed by atoms with Crippen molar-refractivity contribution in [2.45, 2.75) is 32.5 Å². The van der Waals surface area contributed by atoms with Crippen molar-refractivity contribution in [2.24, 2.45) is 0 Å². The van der Waals surface area contributed by atoms with Crippen molar-refractivity contribution < 1.29 is 13.2 Å². The van der Waals surface area contributed by atoms with Crippen LogP contribution in [-0.4, -0.2) is 48.9 Å². The summed E-state index contributed by atoms with van der Waals surface area (Å²) in [5.41, 5.74) is 0. The van der Waals surface area contributed by atoms with Crippen molar-refractivity contribution in [2.75, 3.05) is 19.7 Å². The van der Waals surface area contributed by atoms with Crippen LogP contribution in [0.3, 0.4) is 0 Å². The zero-order valence-corrected chi connectivity index (χ0v) is 14.1. The van der Waals surface area contributed by atoms with E-state index in [2.05, 4.69) is 6.58 Å². The minimum Gasteiger partial charge on any atom is -0.375 e. The second-order valence-electron chi connectivity index (χ2n) is 5.23. The molecule has 2 rings (SSSR count). The monoisotopic (exact) mass is 330 g/mol. The Morgan fingerprint density at radius 2 is 2.33 bits per heavy atom. The number of nitrogens with zero attached hydrogens (tertiary/aromatic N) is 2. The molecule has 0 N–H and O–H groups in total. The SMILES string of the molecule is C=CCN(Cc1cccs1)S(=O)(=O)N1C[C@@H](C)OC[C@@H]1C. The molecule has 7 heteroatoms. The summed E-state index contributed by atoms with van der Waals surface area (Å²) in [5.74, 6) is 0. The average molecular weight is 330 g/mol.